The first-order valence-electron chi connectivity index (χ1n) is 6.22. The lowest BCUT2D eigenvalue weighted by Gasteiger charge is -2.03. The zero-order valence-electron chi connectivity index (χ0n) is 10.0. The maximum absolute atomic E-state index is 4.75. The fraction of sp³-hybridized carbons (Fsp3) is 0.357. The van der Waals surface area contributed by atoms with Gasteiger partial charge in [0.15, 0.2) is 0 Å². The van der Waals surface area contributed by atoms with E-state index >= 15 is 0 Å². The molecule has 1 fully saturated rings. The van der Waals surface area contributed by atoms with Crippen molar-refractivity contribution in [2.75, 3.05) is 13.1 Å². The Bertz CT molecular complexity index is 515. The van der Waals surface area contributed by atoms with Gasteiger partial charge in [-0.2, -0.15) is 0 Å². The van der Waals surface area contributed by atoms with Crippen LogP contribution in [0.25, 0.3) is 11.3 Å². The average Bonchev–Trinajstić information content (AvgIpc) is 3.02. The van der Waals surface area contributed by atoms with E-state index in [0.29, 0.717) is 0 Å². The van der Waals surface area contributed by atoms with E-state index in [1.165, 1.54) is 17.0 Å². The highest BCUT2D eigenvalue weighted by atomic mass is 79.9. The van der Waals surface area contributed by atoms with Crippen LogP contribution in [0.15, 0.2) is 34.1 Å². The van der Waals surface area contributed by atoms with Gasteiger partial charge in [-0.25, -0.2) is 4.98 Å². The molecule has 4 heteroatoms. The molecule has 94 valence electrons. The summed E-state index contributed by atoms with van der Waals surface area (Å²) in [5.41, 5.74) is 2.30. The molecule has 0 spiro atoms. The predicted octanol–water partition coefficient (Wildman–Crippen LogP) is 3.72. The van der Waals surface area contributed by atoms with Crippen molar-refractivity contribution in [2.24, 2.45) is 5.92 Å². The number of nitrogens with one attached hydrogen (secondary N) is 1. The second-order valence-corrected chi connectivity index (χ2v) is 6.55. The summed E-state index contributed by atoms with van der Waals surface area (Å²) in [6.45, 7) is 2.31. The zero-order chi connectivity index (χ0) is 12.4. The Balaban J connectivity index is 1.74. The molecule has 0 aliphatic carbocycles. The third kappa shape index (κ3) is 2.82. The SMILES string of the molecule is Brc1ccc(-c2csc(CC3CCNC3)n2)cc1. The van der Waals surface area contributed by atoms with Crippen molar-refractivity contribution < 1.29 is 0 Å². The van der Waals surface area contributed by atoms with E-state index < -0.39 is 0 Å². The molecule has 0 bridgehead atoms. The van der Waals surface area contributed by atoms with Crippen LogP contribution < -0.4 is 5.32 Å². The van der Waals surface area contributed by atoms with Crippen LogP contribution in [-0.4, -0.2) is 18.1 Å². The van der Waals surface area contributed by atoms with Gasteiger partial charge in [-0.3, -0.25) is 0 Å². The Labute approximate surface area is 120 Å². The molecule has 2 heterocycles. The van der Waals surface area contributed by atoms with Crippen molar-refractivity contribution >= 4 is 27.3 Å². The third-order valence-electron chi connectivity index (χ3n) is 3.32. The van der Waals surface area contributed by atoms with Crippen molar-refractivity contribution in [2.45, 2.75) is 12.8 Å². The Hall–Kier alpha value is -0.710. The summed E-state index contributed by atoms with van der Waals surface area (Å²) in [5.74, 6) is 0.772. The van der Waals surface area contributed by atoms with E-state index in [2.05, 4.69) is 50.9 Å². The largest absolute Gasteiger partial charge is 0.316 e. The van der Waals surface area contributed by atoms with Gasteiger partial charge < -0.3 is 5.32 Å². The van der Waals surface area contributed by atoms with E-state index in [1.54, 1.807) is 11.3 Å². The highest BCUT2D eigenvalue weighted by molar-refractivity contribution is 9.10. The Morgan fingerprint density at radius 2 is 2.17 bits per heavy atom. The van der Waals surface area contributed by atoms with Crippen molar-refractivity contribution in [1.29, 1.82) is 0 Å². The fourth-order valence-corrected chi connectivity index (χ4v) is 3.48. The molecule has 1 aromatic carbocycles. The molecular weight excluding hydrogens is 308 g/mol. The monoisotopic (exact) mass is 322 g/mol. The van der Waals surface area contributed by atoms with Gasteiger partial charge in [0.25, 0.3) is 0 Å². The van der Waals surface area contributed by atoms with Crippen LogP contribution in [0.4, 0.5) is 0 Å². The first kappa shape index (κ1) is 12.3. The standard InChI is InChI=1S/C14H15BrN2S/c15-12-3-1-11(2-4-12)13-9-18-14(17-13)7-10-5-6-16-8-10/h1-4,9-10,16H,5-8H2. The maximum Gasteiger partial charge on any atom is 0.0935 e. The molecule has 1 unspecified atom stereocenters. The molecule has 0 radical (unpaired) electrons. The highest BCUT2D eigenvalue weighted by Crippen LogP contribution is 2.25. The molecule has 1 N–H and O–H groups in total. The van der Waals surface area contributed by atoms with Crippen LogP contribution in [0, 0.1) is 5.92 Å². The number of halogens is 1. The summed E-state index contributed by atoms with van der Waals surface area (Å²) >= 11 is 5.24. The Morgan fingerprint density at radius 3 is 2.89 bits per heavy atom. The number of aromatic nitrogens is 1. The molecule has 1 atom stereocenters. The van der Waals surface area contributed by atoms with Crippen molar-refractivity contribution in [3.05, 3.63) is 39.1 Å². The second kappa shape index (κ2) is 5.51. The summed E-state index contributed by atoms with van der Waals surface area (Å²) in [7, 11) is 0. The van der Waals surface area contributed by atoms with Crippen LogP contribution >= 0.6 is 27.3 Å². The number of rotatable bonds is 3. The lowest BCUT2D eigenvalue weighted by molar-refractivity contribution is 0.578. The Kier molecular flexibility index (Phi) is 3.77. The molecule has 1 saturated heterocycles. The molecule has 1 aliphatic heterocycles. The van der Waals surface area contributed by atoms with Crippen molar-refractivity contribution in [3.63, 3.8) is 0 Å². The smallest absolute Gasteiger partial charge is 0.0935 e. The van der Waals surface area contributed by atoms with Crippen molar-refractivity contribution in [1.82, 2.24) is 10.3 Å². The molecule has 0 amide bonds. The van der Waals surface area contributed by atoms with E-state index in [-0.39, 0.29) is 0 Å². The van der Waals surface area contributed by atoms with Crippen LogP contribution in [0.1, 0.15) is 11.4 Å². The van der Waals surface area contributed by atoms with Gasteiger partial charge >= 0.3 is 0 Å². The molecule has 0 saturated carbocycles. The van der Waals surface area contributed by atoms with Gasteiger partial charge in [0.2, 0.25) is 0 Å². The number of hydrogen-bond donors (Lipinski definition) is 1. The van der Waals surface area contributed by atoms with Crippen LogP contribution in [-0.2, 0) is 6.42 Å². The van der Waals surface area contributed by atoms with Gasteiger partial charge in [0.05, 0.1) is 10.7 Å². The van der Waals surface area contributed by atoms with Crippen LogP contribution in [0.5, 0.6) is 0 Å². The van der Waals surface area contributed by atoms with E-state index in [4.69, 9.17) is 4.98 Å². The molecule has 2 aromatic rings. The molecule has 1 aromatic heterocycles. The average molecular weight is 323 g/mol. The van der Waals surface area contributed by atoms with Crippen molar-refractivity contribution in [3.8, 4) is 11.3 Å². The number of nitrogens with zero attached hydrogens (tertiary/aromatic N) is 1. The summed E-state index contributed by atoms with van der Waals surface area (Å²) in [5, 5.41) is 6.84. The van der Waals surface area contributed by atoms with Gasteiger partial charge in [0, 0.05) is 21.8 Å². The van der Waals surface area contributed by atoms with E-state index in [1.807, 2.05) is 0 Å². The van der Waals surface area contributed by atoms with E-state index in [9.17, 15) is 0 Å². The lowest BCUT2D eigenvalue weighted by atomic mass is 10.1. The zero-order valence-corrected chi connectivity index (χ0v) is 12.4. The topological polar surface area (TPSA) is 24.9 Å². The van der Waals surface area contributed by atoms with Crippen LogP contribution in [0.2, 0.25) is 0 Å². The Morgan fingerprint density at radius 1 is 1.33 bits per heavy atom. The highest BCUT2D eigenvalue weighted by Gasteiger charge is 2.16. The molecule has 1 aliphatic rings. The fourth-order valence-electron chi connectivity index (χ4n) is 2.29. The number of thiazole rings is 1. The van der Waals surface area contributed by atoms with Crippen LogP contribution in [0.3, 0.4) is 0 Å². The van der Waals surface area contributed by atoms with Gasteiger partial charge in [-0.05, 0) is 37.6 Å². The minimum absolute atomic E-state index is 0.772. The minimum atomic E-state index is 0.772. The second-order valence-electron chi connectivity index (χ2n) is 4.70. The molecular formula is C14H15BrN2S. The summed E-state index contributed by atoms with van der Waals surface area (Å²) in [6.07, 6.45) is 2.40. The van der Waals surface area contributed by atoms with Gasteiger partial charge in [-0.15, -0.1) is 11.3 Å². The summed E-state index contributed by atoms with van der Waals surface area (Å²) < 4.78 is 1.11. The molecule has 2 nitrogen and oxygen atoms in total. The predicted molar refractivity (Wildman–Crippen MR) is 79.9 cm³/mol. The lowest BCUT2D eigenvalue weighted by Crippen LogP contribution is -2.10. The minimum Gasteiger partial charge on any atom is -0.316 e. The first-order chi connectivity index (χ1) is 8.81. The summed E-state index contributed by atoms with van der Waals surface area (Å²) in [4.78, 5) is 4.75. The van der Waals surface area contributed by atoms with Gasteiger partial charge in [0.1, 0.15) is 0 Å². The normalized spacial score (nSPS) is 19.3. The molecule has 18 heavy (non-hydrogen) atoms. The number of benzene rings is 1. The summed E-state index contributed by atoms with van der Waals surface area (Å²) in [6, 6.07) is 8.35. The number of hydrogen-bond acceptors (Lipinski definition) is 3. The van der Waals surface area contributed by atoms with E-state index in [0.717, 1.165) is 35.6 Å². The third-order valence-corrected chi connectivity index (χ3v) is 4.72. The molecule has 3 rings (SSSR count). The van der Waals surface area contributed by atoms with Gasteiger partial charge in [-0.1, -0.05) is 28.1 Å². The maximum atomic E-state index is 4.75. The first-order valence-corrected chi connectivity index (χ1v) is 7.89. The quantitative estimate of drug-likeness (QED) is 0.931.